The van der Waals surface area contributed by atoms with Crippen molar-refractivity contribution >= 4 is 5.91 Å². The Morgan fingerprint density at radius 2 is 1.62 bits per heavy atom. The van der Waals surface area contributed by atoms with E-state index in [2.05, 4.69) is 0 Å². The maximum Gasteiger partial charge on any atom is 0.275 e. The summed E-state index contributed by atoms with van der Waals surface area (Å²) in [7, 11) is 0. The number of nitrogens with zero attached hydrogens (tertiary/aromatic N) is 3. The van der Waals surface area contributed by atoms with Crippen LogP contribution in [0.15, 0.2) is 76.0 Å². The van der Waals surface area contributed by atoms with E-state index in [0.717, 1.165) is 47.7 Å². The Labute approximate surface area is 168 Å². The van der Waals surface area contributed by atoms with Gasteiger partial charge >= 0.3 is 0 Å². The quantitative estimate of drug-likeness (QED) is 0.492. The van der Waals surface area contributed by atoms with Gasteiger partial charge in [0.15, 0.2) is 5.69 Å². The number of fused-ring (bicyclic) bond motifs is 1. The van der Waals surface area contributed by atoms with Gasteiger partial charge in [0, 0.05) is 11.3 Å². The molecule has 0 atom stereocenters. The van der Waals surface area contributed by atoms with Crippen molar-refractivity contribution in [1.82, 2.24) is 14.7 Å². The van der Waals surface area contributed by atoms with Crippen LogP contribution < -0.4 is 0 Å². The molecular formula is C23H21N3O3. The van der Waals surface area contributed by atoms with Crippen LogP contribution in [-0.4, -0.2) is 20.6 Å². The average Bonchev–Trinajstić information content (AvgIpc) is 3.52. The lowest BCUT2D eigenvalue weighted by Crippen LogP contribution is -2.31. The fraction of sp³-hybridized carbons (Fsp3) is 0.217. The molecule has 6 nitrogen and oxygen atoms in total. The summed E-state index contributed by atoms with van der Waals surface area (Å²) in [5.74, 6) is 1.35. The molecule has 146 valence electrons. The number of rotatable bonds is 6. The number of carbonyl (C=O) groups is 1. The lowest BCUT2D eigenvalue weighted by molar-refractivity contribution is 0.0697. The predicted molar refractivity (Wildman–Crippen MR) is 107 cm³/mol. The molecule has 0 radical (unpaired) electrons. The number of amides is 1. The van der Waals surface area contributed by atoms with Crippen molar-refractivity contribution in [2.75, 3.05) is 0 Å². The van der Waals surface area contributed by atoms with Crippen LogP contribution in [0, 0.1) is 0 Å². The highest BCUT2D eigenvalue weighted by Crippen LogP contribution is 2.29. The molecule has 5 rings (SSSR count). The van der Waals surface area contributed by atoms with E-state index in [0.29, 0.717) is 18.8 Å². The second-order valence-corrected chi connectivity index (χ2v) is 7.19. The first kappa shape index (κ1) is 17.6. The van der Waals surface area contributed by atoms with Crippen LogP contribution in [-0.2, 0) is 25.9 Å². The molecule has 3 heterocycles. The van der Waals surface area contributed by atoms with Gasteiger partial charge in [-0.15, -0.1) is 0 Å². The van der Waals surface area contributed by atoms with Crippen molar-refractivity contribution in [3.8, 4) is 5.69 Å². The molecule has 0 N–H and O–H groups in total. The van der Waals surface area contributed by atoms with E-state index in [-0.39, 0.29) is 5.91 Å². The molecule has 0 bridgehead atoms. The molecular weight excluding hydrogens is 366 g/mol. The number of aromatic nitrogens is 2. The van der Waals surface area contributed by atoms with Crippen molar-refractivity contribution in [2.24, 2.45) is 0 Å². The Balaban J connectivity index is 1.51. The molecule has 0 fully saturated rings. The van der Waals surface area contributed by atoms with E-state index >= 15 is 0 Å². The van der Waals surface area contributed by atoms with Crippen LogP contribution in [0.2, 0.25) is 0 Å². The largest absolute Gasteiger partial charge is 0.467 e. The van der Waals surface area contributed by atoms with E-state index < -0.39 is 0 Å². The third kappa shape index (κ3) is 3.38. The molecule has 3 aromatic heterocycles. The van der Waals surface area contributed by atoms with Gasteiger partial charge in [0.1, 0.15) is 11.5 Å². The molecule has 29 heavy (non-hydrogen) atoms. The van der Waals surface area contributed by atoms with Gasteiger partial charge in [-0.25, -0.2) is 4.68 Å². The molecule has 1 aliphatic rings. The van der Waals surface area contributed by atoms with Crippen LogP contribution in [0.25, 0.3) is 5.69 Å². The molecule has 4 aromatic rings. The molecule has 0 saturated heterocycles. The van der Waals surface area contributed by atoms with E-state index in [4.69, 9.17) is 13.9 Å². The topological polar surface area (TPSA) is 64.4 Å². The fourth-order valence-electron chi connectivity index (χ4n) is 3.92. The second kappa shape index (κ2) is 7.47. The summed E-state index contributed by atoms with van der Waals surface area (Å²) in [4.78, 5) is 15.3. The molecule has 1 amide bonds. The predicted octanol–water partition coefficient (Wildman–Crippen LogP) is 4.39. The van der Waals surface area contributed by atoms with E-state index in [1.54, 1.807) is 17.4 Å². The number of hydrogen-bond donors (Lipinski definition) is 0. The van der Waals surface area contributed by atoms with Crippen LogP contribution >= 0.6 is 0 Å². The van der Waals surface area contributed by atoms with Gasteiger partial charge in [0.25, 0.3) is 5.91 Å². The highest BCUT2D eigenvalue weighted by molar-refractivity contribution is 5.94. The van der Waals surface area contributed by atoms with Crippen molar-refractivity contribution in [1.29, 1.82) is 0 Å². The molecule has 1 aliphatic carbocycles. The molecule has 1 aromatic carbocycles. The average molecular weight is 387 g/mol. The van der Waals surface area contributed by atoms with Crippen molar-refractivity contribution < 1.29 is 13.6 Å². The summed E-state index contributed by atoms with van der Waals surface area (Å²) >= 11 is 0. The standard InChI is InChI=1S/C23H21N3O3/c27-23(25(15-18-9-5-13-28-18)16-19-10-6-14-29-19)22-20-11-4-12-21(20)26(24-22)17-7-2-1-3-8-17/h1-3,5-10,13-14H,4,11-12,15-16H2. The highest BCUT2D eigenvalue weighted by Gasteiger charge is 2.30. The summed E-state index contributed by atoms with van der Waals surface area (Å²) in [5, 5.41) is 4.75. The summed E-state index contributed by atoms with van der Waals surface area (Å²) in [5.41, 5.74) is 3.70. The third-order valence-corrected chi connectivity index (χ3v) is 5.27. The van der Waals surface area contributed by atoms with Gasteiger partial charge < -0.3 is 13.7 Å². The minimum atomic E-state index is -0.106. The monoisotopic (exact) mass is 387 g/mol. The Morgan fingerprint density at radius 3 is 2.24 bits per heavy atom. The Bertz CT molecular complexity index is 1060. The van der Waals surface area contributed by atoms with E-state index in [1.165, 1.54) is 0 Å². The molecule has 6 heteroatoms. The minimum Gasteiger partial charge on any atom is -0.467 e. The minimum absolute atomic E-state index is 0.106. The first-order chi connectivity index (χ1) is 14.3. The van der Waals surface area contributed by atoms with Gasteiger partial charge in [-0.05, 0) is 55.7 Å². The maximum absolute atomic E-state index is 13.6. The number of carbonyl (C=O) groups excluding carboxylic acids is 1. The number of benzene rings is 1. The number of hydrogen-bond acceptors (Lipinski definition) is 4. The first-order valence-electron chi connectivity index (χ1n) is 9.80. The highest BCUT2D eigenvalue weighted by atomic mass is 16.3. The smallest absolute Gasteiger partial charge is 0.275 e. The summed E-state index contributed by atoms with van der Waals surface area (Å²) in [6.45, 7) is 0.721. The van der Waals surface area contributed by atoms with Gasteiger partial charge in [0.2, 0.25) is 0 Å². The van der Waals surface area contributed by atoms with Crippen LogP contribution in [0.3, 0.4) is 0 Å². The van der Waals surface area contributed by atoms with Crippen LogP contribution in [0.1, 0.15) is 39.7 Å². The van der Waals surface area contributed by atoms with Gasteiger partial charge in [0.05, 0.1) is 31.3 Å². The van der Waals surface area contributed by atoms with E-state index in [1.807, 2.05) is 59.3 Å². The van der Waals surface area contributed by atoms with Crippen LogP contribution in [0.4, 0.5) is 0 Å². The number of para-hydroxylation sites is 1. The molecule has 0 unspecified atom stereocenters. The second-order valence-electron chi connectivity index (χ2n) is 7.19. The summed E-state index contributed by atoms with van der Waals surface area (Å²) in [6.07, 6.45) is 6.08. The Morgan fingerprint density at radius 1 is 0.931 bits per heavy atom. The first-order valence-corrected chi connectivity index (χ1v) is 9.80. The molecule has 0 aliphatic heterocycles. The Kier molecular flexibility index (Phi) is 4.52. The van der Waals surface area contributed by atoms with Crippen molar-refractivity contribution in [3.63, 3.8) is 0 Å². The van der Waals surface area contributed by atoms with Crippen molar-refractivity contribution in [3.05, 3.63) is 95.6 Å². The molecule has 0 spiro atoms. The molecule has 0 saturated carbocycles. The van der Waals surface area contributed by atoms with Crippen LogP contribution in [0.5, 0.6) is 0 Å². The van der Waals surface area contributed by atoms with Gasteiger partial charge in [-0.2, -0.15) is 5.10 Å². The zero-order valence-electron chi connectivity index (χ0n) is 16.0. The maximum atomic E-state index is 13.6. The number of furan rings is 2. The zero-order chi connectivity index (χ0) is 19.6. The van der Waals surface area contributed by atoms with Crippen molar-refractivity contribution in [2.45, 2.75) is 32.4 Å². The lowest BCUT2D eigenvalue weighted by atomic mass is 10.1. The van der Waals surface area contributed by atoms with Gasteiger partial charge in [-0.1, -0.05) is 18.2 Å². The van der Waals surface area contributed by atoms with Gasteiger partial charge in [-0.3, -0.25) is 4.79 Å². The SMILES string of the molecule is O=C(c1nn(-c2ccccc2)c2c1CCC2)N(Cc1ccco1)Cc1ccco1. The Hall–Kier alpha value is -3.54. The fourth-order valence-corrected chi connectivity index (χ4v) is 3.92. The third-order valence-electron chi connectivity index (χ3n) is 5.27. The normalized spacial score (nSPS) is 12.8. The zero-order valence-corrected chi connectivity index (χ0v) is 16.0. The van der Waals surface area contributed by atoms with E-state index in [9.17, 15) is 4.79 Å². The lowest BCUT2D eigenvalue weighted by Gasteiger charge is -2.20. The summed E-state index contributed by atoms with van der Waals surface area (Å²) in [6, 6.07) is 17.4. The summed E-state index contributed by atoms with van der Waals surface area (Å²) < 4.78 is 12.9.